The maximum Gasteiger partial charge on any atom is 0.449 e. The lowest BCUT2D eigenvalue weighted by Crippen LogP contribution is -2.63. The van der Waals surface area contributed by atoms with Gasteiger partial charge in [-0.3, -0.25) is 4.79 Å². The molecule has 4 nitrogen and oxygen atoms in total. The summed E-state index contributed by atoms with van der Waals surface area (Å²) in [6, 6.07) is 0. The first-order valence-corrected chi connectivity index (χ1v) is 5.86. The molecule has 9 heteroatoms. The highest BCUT2D eigenvalue weighted by molar-refractivity contribution is 5.72. The Kier molecular flexibility index (Phi) is 4.10. The second kappa shape index (κ2) is 4.80. The van der Waals surface area contributed by atoms with Crippen molar-refractivity contribution < 1.29 is 41.3 Å². The van der Waals surface area contributed by atoms with E-state index in [1.165, 1.54) is 6.92 Å². The molecule has 1 heterocycles. The minimum Gasteiger partial charge on any atom is -0.450 e. The van der Waals surface area contributed by atoms with Crippen molar-refractivity contribution in [3.8, 4) is 0 Å². The van der Waals surface area contributed by atoms with Crippen LogP contribution in [-0.2, 0) is 14.3 Å². The molecule has 0 aromatic heterocycles. The molecule has 1 N–H and O–H groups in total. The van der Waals surface area contributed by atoms with Crippen molar-refractivity contribution in [2.75, 3.05) is 6.61 Å². The number of aliphatic hydroxyl groups is 1. The van der Waals surface area contributed by atoms with Crippen molar-refractivity contribution in [2.24, 2.45) is 5.92 Å². The van der Waals surface area contributed by atoms with Gasteiger partial charge in [-0.05, 0) is 13.3 Å². The lowest BCUT2D eigenvalue weighted by atomic mass is 9.94. The molecule has 0 amide bonds. The van der Waals surface area contributed by atoms with Crippen LogP contribution < -0.4 is 0 Å². The van der Waals surface area contributed by atoms with Crippen LogP contribution >= 0.6 is 0 Å². The molecule has 1 rings (SSSR count). The zero-order chi connectivity index (χ0) is 16.0. The number of rotatable bonds is 3. The van der Waals surface area contributed by atoms with Gasteiger partial charge in [0.05, 0.1) is 12.5 Å². The summed E-state index contributed by atoms with van der Waals surface area (Å²) in [5, 5.41) is 9.11. The van der Waals surface area contributed by atoms with Gasteiger partial charge in [0.1, 0.15) is 0 Å². The van der Waals surface area contributed by atoms with Gasteiger partial charge in [-0.25, -0.2) is 0 Å². The fourth-order valence-corrected chi connectivity index (χ4v) is 1.62. The van der Waals surface area contributed by atoms with Crippen LogP contribution in [0, 0.1) is 5.92 Å². The largest absolute Gasteiger partial charge is 0.450 e. The van der Waals surface area contributed by atoms with Crippen molar-refractivity contribution in [1.82, 2.24) is 0 Å². The van der Waals surface area contributed by atoms with Gasteiger partial charge in [0, 0.05) is 0 Å². The van der Waals surface area contributed by atoms with Crippen LogP contribution in [0.3, 0.4) is 0 Å². The van der Waals surface area contributed by atoms with E-state index in [0.29, 0.717) is 6.92 Å². The predicted octanol–water partition coefficient (Wildman–Crippen LogP) is 2.25. The molecule has 0 saturated carbocycles. The summed E-state index contributed by atoms with van der Waals surface area (Å²) in [7, 11) is 0. The highest BCUT2D eigenvalue weighted by Crippen LogP contribution is 2.54. The Hall–Kier alpha value is -0.960. The average molecular weight is 306 g/mol. The standard InChI is InChI=1S/C11H15F5O4/c1-4-6(2)7(17)20-8(3)5-19-10(18,9(8,12)13)11(14,15)16/h6,18H,4-5H2,1-3H3. The Bertz CT molecular complexity index is 397. The summed E-state index contributed by atoms with van der Waals surface area (Å²) in [6.07, 6.45) is -5.46. The highest BCUT2D eigenvalue weighted by atomic mass is 19.4. The smallest absolute Gasteiger partial charge is 0.449 e. The normalized spacial score (nSPS) is 34.9. The predicted molar refractivity (Wildman–Crippen MR) is 55.9 cm³/mol. The lowest BCUT2D eigenvalue weighted by molar-refractivity contribution is -0.409. The summed E-state index contributed by atoms with van der Waals surface area (Å²) in [4.78, 5) is 11.5. The zero-order valence-electron chi connectivity index (χ0n) is 11.1. The van der Waals surface area contributed by atoms with Crippen LogP contribution in [0.5, 0.6) is 0 Å². The van der Waals surface area contributed by atoms with Crippen LogP contribution in [-0.4, -0.2) is 41.2 Å². The monoisotopic (exact) mass is 306 g/mol. The van der Waals surface area contributed by atoms with E-state index < -0.39 is 42.0 Å². The summed E-state index contributed by atoms with van der Waals surface area (Å²) < 4.78 is 73.8. The third-order valence-electron chi connectivity index (χ3n) is 3.37. The molecule has 3 unspecified atom stereocenters. The lowest BCUT2D eigenvalue weighted by Gasteiger charge is -2.35. The summed E-state index contributed by atoms with van der Waals surface area (Å²) >= 11 is 0. The summed E-state index contributed by atoms with van der Waals surface area (Å²) in [6.45, 7) is 2.30. The Morgan fingerprint density at radius 2 is 1.95 bits per heavy atom. The SMILES string of the molecule is CCC(C)C(=O)OC1(C)COC(O)(C(F)(F)F)C1(F)F. The fraction of sp³-hybridized carbons (Fsp3) is 0.909. The van der Waals surface area contributed by atoms with Gasteiger partial charge >= 0.3 is 23.9 Å². The van der Waals surface area contributed by atoms with E-state index >= 15 is 0 Å². The number of hydrogen-bond acceptors (Lipinski definition) is 4. The topological polar surface area (TPSA) is 55.8 Å². The fourth-order valence-electron chi connectivity index (χ4n) is 1.62. The molecule has 0 aromatic rings. The minimum atomic E-state index is -5.73. The average Bonchev–Trinajstić information content (AvgIpc) is 2.49. The zero-order valence-corrected chi connectivity index (χ0v) is 11.1. The van der Waals surface area contributed by atoms with Gasteiger partial charge in [0.15, 0.2) is 0 Å². The van der Waals surface area contributed by atoms with Crippen LogP contribution in [0.15, 0.2) is 0 Å². The number of hydrogen-bond donors (Lipinski definition) is 1. The number of carbonyl (C=O) groups excluding carboxylic acids is 1. The number of esters is 1. The van der Waals surface area contributed by atoms with Crippen molar-refractivity contribution >= 4 is 5.97 Å². The minimum absolute atomic E-state index is 0.269. The van der Waals surface area contributed by atoms with Gasteiger partial charge in [-0.2, -0.15) is 22.0 Å². The number of carbonyl (C=O) groups is 1. The molecular weight excluding hydrogens is 291 g/mol. The van der Waals surface area contributed by atoms with E-state index in [-0.39, 0.29) is 6.42 Å². The molecule has 0 spiro atoms. The molecule has 20 heavy (non-hydrogen) atoms. The highest BCUT2D eigenvalue weighted by Gasteiger charge is 2.82. The van der Waals surface area contributed by atoms with Gasteiger partial charge in [0.2, 0.25) is 5.60 Å². The quantitative estimate of drug-likeness (QED) is 0.642. The van der Waals surface area contributed by atoms with Crippen LogP contribution in [0.1, 0.15) is 27.2 Å². The van der Waals surface area contributed by atoms with E-state index in [4.69, 9.17) is 5.11 Å². The van der Waals surface area contributed by atoms with E-state index in [9.17, 15) is 26.7 Å². The first kappa shape index (κ1) is 17.1. The first-order valence-electron chi connectivity index (χ1n) is 5.86. The molecule has 1 aliphatic heterocycles. The maximum absolute atomic E-state index is 13.9. The second-order valence-corrected chi connectivity index (χ2v) is 4.97. The molecule has 0 radical (unpaired) electrons. The third-order valence-corrected chi connectivity index (χ3v) is 3.37. The summed E-state index contributed by atoms with van der Waals surface area (Å²) in [5.41, 5.74) is -2.89. The van der Waals surface area contributed by atoms with E-state index in [0.717, 1.165) is 0 Å². The third kappa shape index (κ3) is 2.26. The molecular formula is C11H15F5O4. The van der Waals surface area contributed by atoms with Crippen LogP contribution in [0.2, 0.25) is 0 Å². The number of halogens is 5. The van der Waals surface area contributed by atoms with E-state index in [2.05, 4.69) is 9.47 Å². The molecule has 1 fully saturated rings. The Balaban J connectivity index is 3.08. The van der Waals surface area contributed by atoms with Gasteiger partial charge in [-0.15, -0.1) is 0 Å². The molecule has 0 aliphatic carbocycles. The Morgan fingerprint density at radius 1 is 1.45 bits per heavy atom. The van der Waals surface area contributed by atoms with E-state index in [1.54, 1.807) is 6.92 Å². The van der Waals surface area contributed by atoms with Crippen LogP contribution in [0.4, 0.5) is 22.0 Å². The number of alkyl halides is 5. The van der Waals surface area contributed by atoms with Crippen molar-refractivity contribution in [1.29, 1.82) is 0 Å². The summed E-state index contributed by atoms with van der Waals surface area (Å²) in [5.74, 6) is -11.3. The van der Waals surface area contributed by atoms with Crippen LogP contribution in [0.25, 0.3) is 0 Å². The molecule has 0 aromatic carbocycles. The Labute approximate surface area is 111 Å². The first-order chi connectivity index (χ1) is 8.82. The molecule has 1 saturated heterocycles. The van der Waals surface area contributed by atoms with E-state index in [1.807, 2.05) is 0 Å². The van der Waals surface area contributed by atoms with Crippen molar-refractivity contribution in [2.45, 2.75) is 50.7 Å². The Morgan fingerprint density at radius 3 is 2.30 bits per heavy atom. The molecule has 0 bridgehead atoms. The number of ether oxygens (including phenoxy) is 2. The molecule has 1 aliphatic rings. The van der Waals surface area contributed by atoms with Crippen molar-refractivity contribution in [3.05, 3.63) is 0 Å². The van der Waals surface area contributed by atoms with Gasteiger partial charge in [-0.1, -0.05) is 13.8 Å². The maximum atomic E-state index is 13.9. The molecule has 118 valence electrons. The molecule has 3 atom stereocenters. The second-order valence-electron chi connectivity index (χ2n) is 4.97. The van der Waals surface area contributed by atoms with Gasteiger partial charge in [0.25, 0.3) is 0 Å². The van der Waals surface area contributed by atoms with Crippen molar-refractivity contribution in [3.63, 3.8) is 0 Å². The van der Waals surface area contributed by atoms with Gasteiger partial charge < -0.3 is 14.6 Å².